The Kier molecular flexibility index (Phi) is 4.89. The standard InChI is InChI=1S/C10H21N3OS/c1-10(2,11)9(14)12-3-4-13-5-7-15-8-6-13/h3-8,11H2,1-2H3,(H,12,14). The van der Waals surface area contributed by atoms with E-state index in [2.05, 4.69) is 10.2 Å². The Hall–Kier alpha value is -0.260. The molecule has 0 aromatic heterocycles. The van der Waals surface area contributed by atoms with Crippen LogP contribution in [0.15, 0.2) is 0 Å². The number of nitrogens with zero attached hydrogens (tertiary/aromatic N) is 1. The minimum absolute atomic E-state index is 0.0751. The summed E-state index contributed by atoms with van der Waals surface area (Å²) in [5.74, 6) is 2.33. The van der Waals surface area contributed by atoms with E-state index in [4.69, 9.17) is 5.73 Å². The van der Waals surface area contributed by atoms with Gasteiger partial charge in [-0.2, -0.15) is 11.8 Å². The van der Waals surface area contributed by atoms with Crippen LogP contribution in [0.2, 0.25) is 0 Å². The van der Waals surface area contributed by atoms with Crippen LogP contribution < -0.4 is 11.1 Å². The molecule has 0 saturated carbocycles. The molecule has 1 rings (SSSR count). The fourth-order valence-corrected chi connectivity index (χ4v) is 2.36. The number of hydrogen-bond acceptors (Lipinski definition) is 4. The van der Waals surface area contributed by atoms with Gasteiger partial charge in [0.15, 0.2) is 0 Å². The van der Waals surface area contributed by atoms with Crippen LogP contribution in [0, 0.1) is 0 Å². The molecule has 0 radical (unpaired) electrons. The lowest BCUT2D eigenvalue weighted by atomic mass is 10.1. The average Bonchev–Trinajstić information content (AvgIpc) is 2.18. The Bertz CT molecular complexity index is 209. The van der Waals surface area contributed by atoms with E-state index in [1.54, 1.807) is 13.8 Å². The van der Waals surface area contributed by atoms with Crippen molar-refractivity contribution in [1.82, 2.24) is 10.2 Å². The van der Waals surface area contributed by atoms with Gasteiger partial charge < -0.3 is 11.1 Å². The lowest BCUT2D eigenvalue weighted by Gasteiger charge is -2.26. The second-order valence-corrected chi connectivity index (χ2v) is 5.66. The Labute approximate surface area is 96.0 Å². The van der Waals surface area contributed by atoms with Gasteiger partial charge in [0, 0.05) is 37.7 Å². The average molecular weight is 231 g/mol. The first kappa shape index (κ1) is 12.8. The normalized spacial score (nSPS) is 18.9. The van der Waals surface area contributed by atoms with E-state index in [-0.39, 0.29) is 5.91 Å². The third kappa shape index (κ3) is 4.86. The fourth-order valence-electron chi connectivity index (χ4n) is 1.38. The van der Waals surface area contributed by atoms with Crippen LogP contribution in [0.4, 0.5) is 0 Å². The van der Waals surface area contributed by atoms with Crippen LogP contribution in [-0.4, -0.2) is 54.0 Å². The predicted octanol–water partition coefficient (Wildman–Crippen LogP) is -0.111. The third-order valence-corrected chi connectivity index (χ3v) is 3.35. The summed E-state index contributed by atoms with van der Waals surface area (Å²) in [6.45, 7) is 7.34. The Morgan fingerprint density at radius 1 is 1.47 bits per heavy atom. The molecule has 1 aliphatic rings. The first-order valence-electron chi connectivity index (χ1n) is 5.37. The molecular formula is C10H21N3OS. The van der Waals surface area contributed by atoms with E-state index in [1.165, 1.54) is 11.5 Å². The maximum atomic E-state index is 11.4. The summed E-state index contributed by atoms with van der Waals surface area (Å²) in [4.78, 5) is 13.8. The van der Waals surface area contributed by atoms with E-state index < -0.39 is 5.54 Å². The van der Waals surface area contributed by atoms with Gasteiger partial charge in [0.1, 0.15) is 0 Å². The zero-order valence-electron chi connectivity index (χ0n) is 9.58. The molecule has 0 unspecified atom stereocenters. The predicted molar refractivity (Wildman–Crippen MR) is 65.0 cm³/mol. The van der Waals surface area contributed by atoms with Crippen molar-refractivity contribution in [2.75, 3.05) is 37.7 Å². The number of hydrogen-bond donors (Lipinski definition) is 2. The molecule has 1 fully saturated rings. The summed E-state index contributed by atoms with van der Waals surface area (Å²) in [6, 6.07) is 0. The van der Waals surface area contributed by atoms with Crippen LogP contribution in [0.1, 0.15) is 13.8 Å². The quantitative estimate of drug-likeness (QED) is 0.709. The minimum Gasteiger partial charge on any atom is -0.353 e. The molecule has 88 valence electrons. The molecule has 5 heteroatoms. The maximum absolute atomic E-state index is 11.4. The van der Waals surface area contributed by atoms with Crippen molar-refractivity contribution in [3.05, 3.63) is 0 Å². The monoisotopic (exact) mass is 231 g/mol. The van der Waals surface area contributed by atoms with Crippen molar-refractivity contribution < 1.29 is 4.79 Å². The Morgan fingerprint density at radius 2 is 2.07 bits per heavy atom. The summed E-state index contributed by atoms with van der Waals surface area (Å²) < 4.78 is 0. The van der Waals surface area contributed by atoms with Crippen molar-refractivity contribution in [2.45, 2.75) is 19.4 Å². The van der Waals surface area contributed by atoms with Crippen LogP contribution in [-0.2, 0) is 4.79 Å². The van der Waals surface area contributed by atoms with Crippen LogP contribution in [0.25, 0.3) is 0 Å². The Morgan fingerprint density at radius 3 is 2.60 bits per heavy atom. The molecule has 0 bridgehead atoms. The van der Waals surface area contributed by atoms with Gasteiger partial charge >= 0.3 is 0 Å². The van der Waals surface area contributed by atoms with Gasteiger partial charge in [-0.25, -0.2) is 0 Å². The number of nitrogens with two attached hydrogens (primary N) is 1. The molecule has 3 N–H and O–H groups in total. The van der Waals surface area contributed by atoms with Crippen LogP contribution >= 0.6 is 11.8 Å². The van der Waals surface area contributed by atoms with Gasteiger partial charge in [0.05, 0.1) is 5.54 Å². The highest BCUT2D eigenvalue weighted by Gasteiger charge is 2.21. The van der Waals surface area contributed by atoms with Gasteiger partial charge in [-0.3, -0.25) is 9.69 Å². The third-order valence-electron chi connectivity index (χ3n) is 2.40. The summed E-state index contributed by atoms with van der Waals surface area (Å²) in [5, 5.41) is 2.86. The summed E-state index contributed by atoms with van der Waals surface area (Å²) in [7, 11) is 0. The number of carbonyl (C=O) groups is 1. The van der Waals surface area contributed by atoms with E-state index in [0.717, 1.165) is 19.6 Å². The number of nitrogens with one attached hydrogen (secondary N) is 1. The zero-order valence-corrected chi connectivity index (χ0v) is 10.4. The topological polar surface area (TPSA) is 58.4 Å². The number of thioether (sulfide) groups is 1. The van der Waals surface area contributed by atoms with Gasteiger partial charge in [-0.05, 0) is 13.8 Å². The first-order valence-corrected chi connectivity index (χ1v) is 6.53. The molecule has 1 saturated heterocycles. The molecule has 4 nitrogen and oxygen atoms in total. The van der Waals surface area contributed by atoms with Crippen molar-refractivity contribution in [3.8, 4) is 0 Å². The van der Waals surface area contributed by atoms with E-state index in [9.17, 15) is 4.79 Å². The van der Waals surface area contributed by atoms with E-state index in [0.29, 0.717) is 6.54 Å². The number of carbonyl (C=O) groups excluding carboxylic acids is 1. The summed E-state index contributed by atoms with van der Waals surface area (Å²) in [5.41, 5.74) is 4.90. The molecule has 0 atom stereocenters. The number of rotatable bonds is 4. The molecule has 15 heavy (non-hydrogen) atoms. The smallest absolute Gasteiger partial charge is 0.239 e. The van der Waals surface area contributed by atoms with Gasteiger partial charge in [0.2, 0.25) is 5.91 Å². The molecule has 0 aromatic carbocycles. The molecule has 0 aromatic rings. The highest BCUT2D eigenvalue weighted by molar-refractivity contribution is 7.99. The lowest BCUT2D eigenvalue weighted by molar-refractivity contribution is -0.125. The largest absolute Gasteiger partial charge is 0.353 e. The lowest BCUT2D eigenvalue weighted by Crippen LogP contribution is -2.50. The van der Waals surface area contributed by atoms with Gasteiger partial charge in [-0.1, -0.05) is 0 Å². The van der Waals surface area contributed by atoms with Crippen molar-refractivity contribution in [1.29, 1.82) is 0 Å². The van der Waals surface area contributed by atoms with Crippen LogP contribution in [0.5, 0.6) is 0 Å². The molecule has 1 heterocycles. The maximum Gasteiger partial charge on any atom is 0.239 e. The second kappa shape index (κ2) is 5.72. The van der Waals surface area contributed by atoms with E-state index in [1.807, 2.05) is 11.8 Å². The highest BCUT2D eigenvalue weighted by Crippen LogP contribution is 2.07. The second-order valence-electron chi connectivity index (χ2n) is 4.43. The SMILES string of the molecule is CC(C)(N)C(=O)NCCN1CCSCC1. The first-order chi connectivity index (χ1) is 7.00. The van der Waals surface area contributed by atoms with Gasteiger partial charge in [-0.15, -0.1) is 0 Å². The van der Waals surface area contributed by atoms with Crippen molar-refractivity contribution >= 4 is 17.7 Å². The minimum atomic E-state index is -0.766. The summed E-state index contributed by atoms with van der Waals surface area (Å²) in [6.07, 6.45) is 0. The number of amides is 1. The Balaban J connectivity index is 2.12. The van der Waals surface area contributed by atoms with Crippen LogP contribution in [0.3, 0.4) is 0 Å². The van der Waals surface area contributed by atoms with Crippen molar-refractivity contribution in [2.24, 2.45) is 5.73 Å². The van der Waals surface area contributed by atoms with Gasteiger partial charge in [0.25, 0.3) is 0 Å². The summed E-state index contributed by atoms with van der Waals surface area (Å²) >= 11 is 1.99. The zero-order chi connectivity index (χ0) is 11.3. The molecule has 1 aliphatic heterocycles. The van der Waals surface area contributed by atoms with Crippen molar-refractivity contribution in [3.63, 3.8) is 0 Å². The fraction of sp³-hybridized carbons (Fsp3) is 0.900. The van der Waals surface area contributed by atoms with E-state index >= 15 is 0 Å². The highest BCUT2D eigenvalue weighted by atomic mass is 32.2. The molecule has 0 spiro atoms. The molecule has 1 amide bonds. The molecular weight excluding hydrogens is 210 g/mol. The molecule has 0 aliphatic carbocycles.